The minimum Gasteiger partial charge on any atom is -0.488 e. The van der Waals surface area contributed by atoms with Gasteiger partial charge in [-0.1, -0.05) is 18.2 Å². The van der Waals surface area contributed by atoms with Crippen LogP contribution in [0.3, 0.4) is 0 Å². The smallest absolute Gasteiger partial charge is 0.133 e. The molecule has 0 saturated carbocycles. The summed E-state index contributed by atoms with van der Waals surface area (Å²) in [6, 6.07) is 13.8. The van der Waals surface area contributed by atoms with Crippen LogP contribution in [0.1, 0.15) is 11.1 Å². The summed E-state index contributed by atoms with van der Waals surface area (Å²) in [6.07, 6.45) is 0. The maximum atomic E-state index is 13.6. The molecular weight excluding hydrogens is 344 g/mol. The van der Waals surface area contributed by atoms with E-state index in [1.165, 1.54) is 6.07 Å². The third kappa shape index (κ3) is 2.99. The maximum Gasteiger partial charge on any atom is 0.133 e. The largest absolute Gasteiger partial charge is 0.488 e. The lowest BCUT2D eigenvalue weighted by Crippen LogP contribution is -2.00. The van der Waals surface area contributed by atoms with Crippen molar-refractivity contribution in [3.63, 3.8) is 0 Å². The lowest BCUT2D eigenvalue weighted by atomic mass is 10.1. The molecule has 0 aliphatic heterocycles. The van der Waals surface area contributed by atoms with Gasteiger partial charge in [-0.05, 0) is 46.9 Å². The van der Waals surface area contributed by atoms with Crippen LogP contribution in [0.2, 0.25) is 0 Å². The highest BCUT2D eigenvalue weighted by atomic mass is 127. The van der Waals surface area contributed by atoms with Crippen LogP contribution in [0.25, 0.3) is 0 Å². The van der Waals surface area contributed by atoms with E-state index < -0.39 is 5.82 Å². The molecule has 2 aromatic carbocycles. The van der Waals surface area contributed by atoms with Crippen molar-refractivity contribution in [1.29, 1.82) is 5.26 Å². The predicted octanol–water partition coefficient (Wildman–Crippen LogP) is 3.88. The Morgan fingerprint density at radius 2 is 2.00 bits per heavy atom. The molecule has 0 spiro atoms. The highest BCUT2D eigenvalue weighted by Crippen LogP contribution is 2.21. The standard InChI is InChI=1S/C14H9FINO/c15-12-7-10(8-17)5-6-11(12)9-18-14-4-2-1-3-13(14)16/h1-7H,9H2. The number of nitrogens with zero attached hydrogens (tertiary/aromatic N) is 1. The van der Waals surface area contributed by atoms with E-state index in [0.717, 1.165) is 9.32 Å². The predicted molar refractivity (Wildman–Crippen MR) is 74.6 cm³/mol. The summed E-state index contributed by atoms with van der Waals surface area (Å²) in [5.41, 5.74) is 0.749. The van der Waals surface area contributed by atoms with Crippen molar-refractivity contribution in [3.05, 3.63) is 63.0 Å². The monoisotopic (exact) mass is 353 g/mol. The molecule has 0 radical (unpaired) electrons. The zero-order valence-corrected chi connectivity index (χ0v) is 11.5. The number of para-hydroxylation sites is 1. The van der Waals surface area contributed by atoms with Crippen molar-refractivity contribution >= 4 is 22.6 Å². The minimum atomic E-state index is -0.417. The van der Waals surface area contributed by atoms with Gasteiger partial charge in [-0.25, -0.2) is 4.39 Å². The summed E-state index contributed by atoms with van der Waals surface area (Å²) in [6.45, 7) is 0.150. The van der Waals surface area contributed by atoms with Crippen molar-refractivity contribution in [3.8, 4) is 11.8 Å². The Kier molecular flexibility index (Phi) is 4.15. The molecule has 0 N–H and O–H groups in total. The summed E-state index contributed by atoms with van der Waals surface area (Å²) in [4.78, 5) is 0. The molecule has 0 amide bonds. The van der Waals surface area contributed by atoms with Gasteiger partial charge in [-0.15, -0.1) is 0 Å². The maximum absolute atomic E-state index is 13.6. The molecular formula is C14H9FINO. The van der Waals surface area contributed by atoms with E-state index in [2.05, 4.69) is 22.6 Å². The first-order chi connectivity index (χ1) is 8.70. The Labute approximate surface area is 118 Å². The molecule has 2 aromatic rings. The molecule has 4 heteroatoms. The van der Waals surface area contributed by atoms with E-state index >= 15 is 0 Å². The van der Waals surface area contributed by atoms with E-state index in [1.807, 2.05) is 30.3 Å². The molecule has 0 unspecified atom stereocenters. The van der Waals surface area contributed by atoms with E-state index in [1.54, 1.807) is 12.1 Å². The third-order valence-corrected chi connectivity index (χ3v) is 3.29. The summed E-state index contributed by atoms with van der Waals surface area (Å²) >= 11 is 2.16. The van der Waals surface area contributed by atoms with Crippen molar-refractivity contribution in [2.24, 2.45) is 0 Å². The first-order valence-corrected chi connectivity index (χ1v) is 6.34. The van der Waals surface area contributed by atoms with E-state index in [9.17, 15) is 4.39 Å². The number of hydrogen-bond donors (Lipinski definition) is 0. The summed E-state index contributed by atoms with van der Waals surface area (Å²) in [5, 5.41) is 8.65. The van der Waals surface area contributed by atoms with Crippen LogP contribution >= 0.6 is 22.6 Å². The van der Waals surface area contributed by atoms with Crippen LogP contribution in [0.5, 0.6) is 5.75 Å². The van der Waals surface area contributed by atoms with E-state index in [4.69, 9.17) is 10.00 Å². The molecule has 0 atom stereocenters. The first-order valence-electron chi connectivity index (χ1n) is 5.26. The van der Waals surface area contributed by atoms with Crippen molar-refractivity contribution in [1.82, 2.24) is 0 Å². The van der Waals surface area contributed by atoms with Crippen LogP contribution in [-0.2, 0) is 6.61 Å². The quantitative estimate of drug-likeness (QED) is 0.785. The second-order valence-electron chi connectivity index (χ2n) is 3.64. The van der Waals surface area contributed by atoms with Crippen molar-refractivity contribution in [2.45, 2.75) is 6.61 Å². The Balaban J connectivity index is 2.12. The molecule has 0 fully saturated rings. The summed E-state index contributed by atoms with van der Waals surface area (Å²) < 4.78 is 20.1. The van der Waals surface area contributed by atoms with Crippen LogP contribution in [0.4, 0.5) is 4.39 Å². The second-order valence-corrected chi connectivity index (χ2v) is 4.80. The fourth-order valence-corrected chi connectivity index (χ4v) is 1.99. The normalized spacial score (nSPS) is 9.83. The SMILES string of the molecule is N#Cc1ccc(COc2ccccc2I)c(F)c1. The molecule has 0 saturated heterocycles. The van der Waals surface area contributed by atoms with Gasteiger partial charge in [0.05, 0.1) is 15.2 Å². The van der Waals surface area contributed by atoms with Gasteiger partial charge in [0.1, 0.15) is 18.2 Å². The van der Waals surface area contributed by atoms with Gasteiger partial charge in [0.2, 0.25) is 0 Å². The van der Waals surface area contributed by atoms with E-state index in [0.29, 0.717) is 11.1 Å². The Bertz CT molecular complexity index is 607. The number of benzene rings is 2. The van der Waals surface area contributed by atoms with Gasteiger partial charge >= 0.3 is 0 Å². The number of hydrogen-bond acceptors (Lipinski definition) is 2. The lowest BCUT2D eigenvalue weighted by molar-refractivity contribution is 0.297. The Morgan fingerprint density at radius 3 is 2.67 bits per heavy atom. The number of halogens is 2. The molecule has 2 nitrogen and oxygen atoms in total. The molecule has 0 aliphatic carbocycles. The van der Waals surface area contributed by atoms with Crippen LogP contribution in [-0.4, -0.2) is 0 Å². The average Bonchev–Trinajstić information content (AvgIpc) is 2.39. The van der Waals surface area contributed by atoms with Crippen LogP contribution < -0.4 is 4.74 Å². The van der Waals surface area contributed by atoms with Gasteiger partial charge < -0.3 is 4.74 Å². The summed E-state index contributed by atoms with van der Waals surface area (Å²) in [5.74, 6) is 0.307. The van der Waals surface area contributed by atoms with Crippen molar-refractivity contribution < 1.29 is 9.13 Å². The fraction of sp³-hybridized carbons (Fsp3) is 0.0714. The van der Waals surface area contributed by atoms with Gasteiger partial charge in [-0.3, -0.25) is 0 Å². The van der Waals surface area contributed by atoms with Crippen LogP contribution in [0.15, 0.2) is 42.5 Å². The lowest BCUT2D eigenvalue weighted by Gasteiger charge is -2.08. The average molecular weight is 353 g/mol. The topological polar surface area (TPSA) is 33.0 Å². The molecule has 0 heterocycles. The minimum absolute atomic E-state index is 0.150. The Hall–Kier alpha value is -1.61. The summed E-state index contributed by atoms with van der Waals surface area (Å²) in [7, 11) is 0. The van der Waals surface area contributed by atoms with Gasteiger partial charge in [-0.2, -0.15) is 5.26 Å². The number of rotatable bonds is 3. The zero-order valence-electron chi connectivity index (χ0n) is 9.36. The van der Waals surface area contributed by atoms with Gasteiger partial charge in [0.15, 0.2) is 0 Å². The highest BCUT2D eigenvalue weighted by Gasteiger charge is 2.05. The molecule has 18 heavy (non-hydrogen) atoms. The third-order valence-electron chi connectivity index (χ3n) is 2.40. The van der Waals surface area contributed by atoms with Crippen molar-refractivity contribution in [2.75, 3.05) is 0 Å². The molecule has 0 aliphatic rings. The van der Waals surface area contributed by atoms with Gasteiger partial charge in [0.25, 0.3) is 0 Å². The highest BCUT2D eigenvalue weighted by molar-refractivity contribution is 14.1. The zero-order chi connectivity index (χ0) is 13.0. The number of nitriles is 1. The number of ether oxygens (including phenoxy) is 1. The molecule has 0 bridgehead atoms. The molecule has 90 valence electrons. The molecule has 0 aromatic heterocycles. The molecule has 2 rings (SSSR count). The van der Waals surface area contributed by atoms with E-state index in [-0.39, 0.29) is 6.61 Å². The van der Waals surface area contributed by atoms with Crippen LogP contribution in [0, 0.1) is 20.7 Å². The van der Waals surface area contributed by atoms with Gasteiger partial charge in [0, 0.05) is 5.56 Å². The first kappa shape index (κ1) is 12.8. The second kappa shape index (κ2) is 5.83. The fourth-order valence-electron chi connectivity index (χ4n) is 1.45. The Morgan fingerprint density at radius 1 is 1.22 bits per heavy atom.